The van der Waals surface area contributed by atoms with E-state index in [0.717, 1.165) is 12.1 Å². The van der Waals surface area contributed by atoms with E-state index in [-0.39, 0.29) is 5.56 Å². The van der Waals surface area contributed by atoms with Crippen LogP contribution in [0.2, 0.25) is 0 Å². The summed E-state index contributed by atoms with van der Waals surface area (Å²) in [4.78, 5) is 10.5. The van der Waals surface area contributed by atoms with Crippen LogP contribution in [-0.2, 0) is 7.05 Å². The molecule has 1 aromatic heterocycles. The molecular weight excluding hydrogens is 254 g/mol. The summed E-state index contributed by atoms with van der Waals surface area (Å²) in [5, 5.41) is 4.09. The smallest absolute Gasteiger partial charge is 0.198 e. The number of aldehydes is 1. The molecule has 0 radical (unpaired) electrons. The summed E-state index contributed by atoms with van der Waals surface area (Å²) >= 11 is 0. The van der Waals surface area contributed by atoms with Gasteiger partial charge in [-0.2, -0.15) is 5.10 Å². The molecule has 2 rings (SSSR count). The van der Waals surface area contributed by atoms with Crippen molar-refractivity contribution in [3.8, 4) is 11.5 Å². The standard InChI is InChI=1S/C13H12F2N2O2/c1-7-12(8(2)17(3)16-7)19-13-10(14)4-9(6-18)5-11(13)15/h4-6H,1-3H3. The van der Waals surface area contributed by atoms with Gasteiger partial charge in [-0.25, -0.2) is 8.78 Å². The Hall–Kier alpha value is -2.24. The lowest BCUT2D eigenvalue weighted by atomic mass is 10.2. The number of ether oxygens (including phenoxy) is 1. The van der Waals surface area contributed by atoms with E-state index in [1.807, 2.05) is 0 Å². The Balaban J connectivity index is 2.46. The monoisotopic (exact) mass is 266 g/mol. The van der Waals surface area contributed by atoms with Crippen LogP contribution in [0.25, 0.3) is 0 Å². The highest BCUT2D eigenvalue weighted by molar-refractivity contribution is 5.75. The van der Waals surface area contributed by atoms with Crippen molar-refractivity contribution < 1.29 is 18.3 Å². The maximum absolute atomic E-state index is 13.7. The van der Waals surface area contributed by atoms with Gasteiger partial charge in [0, 0.05) is 12.6 Å². The largest absolute Gasteiger partial charge is 0.447 e. The number of carbonyl (C=O) groups is 1. The van der Waals surface area contributed by atoms with E-state index in [4.69, 9.17) is 4.74 Å². The molecule has 19 heavy (non-hydrogen) atoms. The lowest BCUT2D eigenvalue weighted by Gasteiger charge is -2.08. The predicted octanol–water partition coefficient (Wildman–Crippen LogP) is 2.92. The molecule has 0 amide bonds. The van der Waals surface area contributed by atoms with E-state index in [9.17, 15) is 13.6 Å². The molecule has 0 aliphatic rings. The van der Waals surface area contributed by atoms with Crippen molar-refractivity contribution in [3.05, 3.63) is 40.7 Å². The van der Waals surface area contributed by atoms with Crippen LogP contribution in [0.5, 0.6) is 11.5 Å². The average molecular weight is 266 g/mol. The SMILES string of the molecule is Cc1nn(C)c(C)c1Oc1c(F)cc(C=O)cc1F. The molecule has 0 aliphatic carbocycles. The topological polar surface area (TPSA) is 44.1 Å². The molecule has 0 bridgehead atoms. The van der Waals surface area contributed by atoms with Gasteiger partial charge in [-0.05, 0) is 26.0 Å². The van der Waals surface area contributed by atoms with E-state index >= 15 is 0 Å². The molecule has 0 saturated carbocycles. The van der Waals surface area contributed by atoms with Gasteiger partial charge in [0.15, 0.2) is 23.1 Å². The number of hydrogen-bond acceptors (Lipinski definition) is 3. The Bertz CT molecular complexity index is 627. The number of nitrogens with zero attached hydrogens (tertiary/aromatic N) is 2. The number of aryl methyl sites for hydroxylation is 2. The quantitative estimate of drug-likeness (QED) is 0.802. The Kier molecular flexibility index (Phi) is 3.33. The van der Waals surface area contributed by atoms with E-state index in [0.29, 0.717) is 23.4 Å². The highest BCUT2D eigenvalue weighted by Crippen LogP contribution is 2.32. The highest BCUT2D eigenvalue weighted by Gasteiger charge is 2.18. The van der Waals surface area contributed by atoms with E-state index in [1.54, 1.807) is 25.6 Å². The minimum atomic E-state index is -0.926. The third kappa shape index (κ3) is 2.33. The third-order valence-corrected chi connectivity index (χ3v) is 2.80. The Morgan fingerprint density at radius 1 is 1.21 bits per heavy atom. The van der Waals surface area contributed by atoms with Gasteiger partial charge in [-0.3, -0.25) is 9.48 Å². The van der Waals surface area contributed by atoms with Crippen LogP contribution in [0.4, 0.5) is 8.78 Å². The molecule has 0 atom stereocenters. The summed E-state index contributed by atoms with van der Waals surface area (Å²) in [5.74, 6) is -2.08. The minimum Gasteiger partial charge on any atom is -0.447 e. The highest BCUT2D eigenvalue weighted by atomic mass is 19.1. The van der Waals surface area contributed by atoms with Crippen LogP contribution >= 0.6 is 0 Å². The molecule has 0 unspecified atom stereocenters. The first-order valence-electron chi connectivity index (χ1n) is 5.56. The molecule has 1 aromatic carbocycles. The zero-order chi connectivity index (χ0) is 14.2. The molecule has 1 heterocycles. The first-order valence-corrected chi connectivity index (χ1v) is 5.56. The number of carbonyl (C=O) groups excluding carboxylic acids is 1. The molecular formula is C13H12F2N2O2. The molecule has 2 aromatic rings. The molecule has 0 aliphatic heterocycles. The van der Waals surface area contributed by atoms with Gasteiger partial charge >= 0.3 is 0 Å². The van der Waals surface area contributed by atoms with Gasteiger partial charge in [0.1, 0.15) is 12.0 Å². The molecule has 0 N–H and O–H groups in total. The molecule has 4 nitrogen and oxygen atoms in total. The zero-order valence-corrected chi connectivity index (χ0v) is 10.7. The Morgan fingerprint density at radius 2 is 1.79 bits per heavy atom. The van der Waals surface area contributed by atoms with Crippen LogP contribution < -0.4 is 4.74 Å². The normalized spacial score (nSPS) is 10.6. The summed E-state index contributed by atoms with van der Waals surface area (Å²) < 4.78 is 34.2. The van der Waals surface area contributed by atoms with E-state index < -0.39 is 17.4 Å². The first-order chi connectivity index (χ1) is 8.93. The molecule has 0 saturated heterocycles. The Morgan fingerprint density at radius 3 is 2.21 bits per heavy atom. The van der Waals surface area contributed by atoms with E-state index in [2.05, 4.69) is 5.10 Å². The van der Waals surface area contributed by atoms with Gasteiger partial charge in [0.2, 0.25) is 0 Å². The minimum absolute atomic E-state index is 0.0815. The van der Waals surface area contributed by atoms with Crippen LogP contribution in [0.15, 0.2) is 12.1 Å². The molecule has 0 fully saturated rings. The molecule has 100 valence electrons. The molecule has 6 heteroatoms. The second-order valence-corrected chi connectivity index (χ2v) is 4.16. The van der Waals surface area contributed by atoms with Crippen LogP contribution in [0.3, 0.4) is 0 Å². The van der Waals surface area contributed by atoms with Crippen LogP contribution in [0, 0.1) is 25.5 Å². The lowest BCUT2D eigenvalue weighted by Crippen LogP contribution is -1.97. The van der Waals surface area contributed by atoms with Crippen molar-refractivity contribution in [2.45, 2.75) is 13.8 Å². The fourth-order valence-electron chi connectivity index (χ4n) is 1.75. The Labute approximate surface area is 108 Å². The summed E-state index contributed by atoms with van der Waals surface area (Å²) in [6.45, 7) is 3.41. The number of benzene rings is 1. The van der Waals surface area contributed by atoms with Gasteiger partial charge < -0.3 is 4.74 Å². The summed E-state index contributed by atoms with van der Waals surface area (Å²) in [6.07, 6.45) is 0.372. The van der Waals surface area contributed by atoms with Gasteiger partial charge in [0.05, 0.1) is 5.69 Å². The maximum Gasteiger partial charge on any atom is 0.198 e. The average Bonchev–Trinajstić information content (AvgIpc) is 2.59. The van der Waals surface area contributed by atoms with Crippen LogP contribution in [0.1, 0.15) is 21.7 Å². The van der Waals surface area contributed by atoms with Crippen molar-refractivity contribution in [1.29, 1.82) is 0 Å². The van der Waals surface area contributed by atoms with E-state index in [1.165, 1.54) is 0 Å². The van der Waals surface area contributed by atoms with Gasteiger partial charge in [-0.1, -0.05) is 0 Å². The second kappa shape index (κ2) is 4.79. The number of halogens is 2. The molecule has 0 spiro atoms. The zero-order valence-electron chi connectivity index (χ0n) is 10.7. The van der Waals surface area contributed by atoms with Crippen molar-refractivity contribution in [1.82, 2.24) is 9.78 Å². The fourth-order valence-corrected chi connectivity index (χ4v) is 1.75. The van der Waals surface area contributed by atoms with Crippen LogP contribution in [-0.4, -0.2) is 16.1 Å². The fraction of sp³-hybridized carbons (Fsp3) is 0.231. The van der Waals surface area contributed by atoms with Crippen molar-refractivity contribution >= 4 is 6.29 Å². The first kappa shape index (κ1) is 13.2. The van der Waals surface area contributed by atoms with Gasteiger partial charge in [-0.15, -0.1) is 0 Å². The summed E-state index contributed by atoms with van der Waals surface area (Å²) in [7, 11) is 1.71. The third-order valence-electron chi connectivity index (χ3n) is 2.80. The van der Waals surface area contributed by atoms with Crippen molar-refractivity contribution in [2.75, 3.05) is 0 Å². The van der Waals surface area contributed by atoms with Gasteiger partial charge in [0.25, 0.3) is 0 Å². The summed E-state index contributed by atoms with van der Waals surface area (Å²) in [6, 6.07) is 1.85. The predicted molar refractivity (Wildman–Crippen MR) is 64.5 cm³/mol. The number of hydrogen-bond donors (Lipinski definition) is 0. The summed E-state index contributed by atoms with van der Waals surface area (Å²) in [5.41, 5.74) is 1.09. The second-order valence-electron chi connectivity index (χ2n) is 4.16. The lowest BCUT2D eigenvalue weighted by molar-refractivity contribution is 0.112. The van der Waals surface area contributed by atoms with Crippen molar-refractivity contribution in [3.63, 3.8) is 0 Å². The van der Waals surface area contributed by atoms with Crippen molar-refractivity contribution in [2.24, 2.45) is 7.05 Å². The number of rotatable bonds is 3. The maximum atomic E-state index is 13.7. The number of aromatic nitrogens is 2.